The topological polar surface area (TPSA) is 38.3 Å². The summed E-state index contributed by atoms with van der Waals surface area (Å²) in [6, 6.07) is 4.49. The van der Waals surface area contributed by atoms with Gasteiger partial charge in [0, 0.05) is 10.0 Å². The molecule has 1 N–H and O–H groups in total. The summed E-state index contributed by atoms with van der Waals surface area (Å²) in [5.74, 6) is -0.335. The Kier molecular flexibility index (Phi) is 5.75. The maximum Gasteiger partial charge on any atom is 0.327 e. The molecule has 0 amide bonds. The minimum Gasteiger partial charge on any atom is -0.465 e. The van der Waals surface area contributed by atoms with Gasteiger partial charge in [-0.2, -0.15) is 0 Å². The summed E-state index contributed by atoms with van der Waals surface area (Å²) >= 11 is 11.9. The highest BCUT2D eigenvalue weighted by Gasteiger charge is 2.23. The largest absolute Gasteiger partial charge is 0.465 e. The number of hydrogen-bond donors (Lipinski definition) is 1. The van der Waals surface area contributed by atoms with Gasteiger partial charge >= 0.3 is 5.97 Å². The fourth-order valence-electron chi connectivity index (χ4n) is 1.49. The average Bonchev–Trinajstić information content (AvgIpc) is 2.27. The zero-order valence-corrected chi connectivity index (χ0v) is 11.3. The quantitative estimate of drug-likeness (QED) is 0.839. The molecule has 0 saturated heterocycles. The van der Waals surface area contributed by atoms with Gasteiger partial charge in [0.2, 0.25) is 0 Å². The van der Waals surface area contributed by atoms with E-state index in [1.807, 2.05) is 6.92 Å². The lowest BCUT2D eigenvalue weighted by Gasteiger charge is -2.17. The van der Waals surface area contributed by atoms with Gasteiger partial charge in [-0.3, -0.25) is 0 Å². The molecule has 0 saturated carbocycles. The van der Waals surface area contributed by atoms with E-state index in [9.17, 15) is 4.79 Å². The number of esters is 1. The van der Waals surface area contributed by atoms with Crippen LogP contribution >= 0.6 is 23.2 Å². The number of hydrogen-bond acceptors (Lipinski definition) is 3. The fraction of sp³-hybridized carbons (Fsp3) is 0.417. The van der Waals surface area contributed by atoms with Crippen molar-refractivity contribution in [2.45, 2.75) is 19.9 Å². The molecule has 3 nitrogen and oxygen atoms in total. The second-order valence-corrected chi connectivity index (χ2v) is 4.25. The van der Waals surface area contributed by atoms with Gasteiger partial charge in [0.25, 0.3) is 0 Å². The zero-order chi connectivity index (χ0) is 12.8. The fourth-order valence-corrected chi connectivity index (χ4v) is 2.00. The van der Waals surface area contributed by atoms with E-state index in [1.54, 1.807) is 25.1 Å². The molecule has 0 spiro atoms. The van der Waals surface area contributed by atoms with Crippen LogP contribution in [-0.2, 0) is 9.53 Å². The van der Waals surface area contributed by atoms with Crippen LogP contribution in [0.1, 0.15) is 25.5 Å². The zero-order valence-electron chi connectivity index (χ0n) is 9.80. The van der Waals surface area contributed by atoms with E-state index in [0.717, 1.165) is 0 Å². The van der Waals surface area contributed by atoms with Crippen LogP contribution in [0.2, 0.25) is 10.0 Å². The molecule has 1 rings (SSSR count). The molecule has 94 valence electrons. The molecule has 1 aromatic carbocycles. The number of ether oxygens (including phenoxy) is 1. The molecule has 17 heavy (non-hydrogen) atoms. The first-order valence-corrected chi connectivity index (χ1v) is 6.20. The second kappa shape index (κ2) is 6.84. The highest BCUT2D eigenvalue weighted by atomic mass is 35.5. The first-order valence-electron chi connectivity index (χ1n) is 5.45. The van der Waals surface area contributed by atoms with Crippen molar-refractivity contribution >= 4 is 29.2 Å². The third kappa shape index (κ3) is 3.87. The van der Waals surface area contributed by atoms with Crippen LogP contribution in [-0.4, -0.2) is 19.1 Å². The van der Waals surface area contributed by atoms with E-state index in [0.29, 0.717) is 28.8 Å². The summed E-state index contributed by atoms with van der Waals surface area (Å²) in [5, 5.41) is 4.04. The van der Waals surface area contributed by atoms with Gasteiger partial charge in [-0.25, -0.2) is 4.79 Å². The molecule has 0 fully saturated rings. The van der Waals surface area contributed by atoms with E-state index in [1.165, 1.54) is 0 Å². The molecule has 0 aliphatic carbocycles. The molecular weight excluding hydrogens is 261 g/mol. The average molecular weight is 276 g/mol. The number of benzene rings is 1. The van der Waals surface area contributed by atoms with E-state index < -0.39 is 6.04 Å². The Morgan fingerprint density at radius 1 is 1.41 bits per heavy atom. The first kappa shape index (κ1) is 14.3. The van der Waals surface area contributed by atoms with Crippen LogP contribution in [0.15, 0.2) is 18.2 Å². The summed E-state index contributed by atoms with van der Waals surface area (Å²) in [6.45, 7) is 4.66. The van der Waals surface area contributed by atoms with Crippen LogP contribution in [0, 0.1) is 0 Å². The number of carbonyl (C=O) groups excluding carboxylic acids is 1. The Bertz CT molecular complexity index is 396. The third-order valence-electron chi connectivity index (χ3n) is 2.20. The predicted molar refractivity (Wildman–Crippen MR) is 69.5 cm³/mol. The van der Waals surface area contributed by atoms with Crippen molar-refractivity contribution in [1.82, 2.24) is 5.32 Å². The van der Waals surface area contributed by atoms with Crippen molar-refractivity contribution in [3.63, 3.8) is 0 Å². The Labute approximate surface area is 111 Å². The van der Waals surface area contributed by atoms with Gasteiger partial charge in [0.15, 0.2) is 0 Å². The van der Waals surface area contributed by atoms with Crippen molar-refractivity contribution < 1.29 is 9.53 Å². The highest BCUT2D eigenvalue weighted by molar-refractivity contribution is 6.35. The van der Waals surface area contributed by atoms with Crippen LogP contribution in [0.5, 0.6) is 0 Å². The Balaban J connectivity index is 3.00. The van der Waals surface area contributed by atoms with E-state index >= 15 is 0 Å². The monoisotopic (exact) mass is 275 g/mol. The standard InChI is InChI=1S/C12H15Cl2NO2/c1-3-15-11(12(16)17-4-2)9-6-5-8(13)7-10(9)14/h5-7,11,15H,3-4H2,1-2H3. The summed E-state index contributed by atoms with van der Waals surface area (Å²) in [5.41, 5.74) is 0.677. The lowest BCUT2D eigenvalue weighted by molar-refractivity contribution is -0.145. The number of nitrogens with one attached hydrogen (secondary N) is 1. The van der Waals surface area contributed by atoms with Crippen LogP contribution in [0.3, 0.4) is 0 Å². The Hall–Kier alpha value is -0.770. The predicted octanol–water partition coefficient (Wildman–Crippen LogP) is 3.21. The Morgan fingerprint density at radius 2 is 2.12 bits per heavy atom. The third-order valence-corrected chi connectivity index (χ3v) is 2.77. The van der Waals surface area contributed by atoms with E-state index in [4.69, 9.17) is 27.9 Å². The summed E-state index contributed by atoms with van der Waals surface area (Å²) in [4.78, 5) is 11.8. The summed E-state index contributed by atoms with van der Waals surface area (Å²) in [7, 11) is 0. The maximum atomic E-state index is 11.8. The number of halogens is 2. The number of rotatable bonds is 5. The highest BCUT2D eigenvalue weighted by Crippen LogP contribution is 2.27. The van der Waals surface area contributed by atoms with Gasteiger partial charge < -0.3 is 10.1 Å². The normalized spacial score (nSPS) is 12.2. The van der Waals surface area contributed by atoms with Crippen LogP contribution in [0.4, 0.5) is 0 Å². The molecule has 0 radical (unpaired) electrons. The number of carbonyl (C=O) groups is 1. The summed E-state index contributed by atoms with van der Waals surface area (Å²) in [6.07, 6.45) is 0. The van der Waals surface area contributed by atoms with Gasteiger partial charge in [-0.05, 0) is 31.2 Å². The summed E-state index contributed by atoms with van der Waals surface area (Å²) < 4.78 is 5.00. The van der Waals surface area contributed by atoms with Crippen molar-refractivity contribution in [2.24, 2.45) is 0 Å². The van der Waals surface area contributed by atoms with Crippen molar-refractivity contribution in [2.75, 3.05) is 13.2 Å². The maximum absolute atomic E-state index is 11.8. The molecule has 1 unspecified atom stereocenters. The van der Waals surface area contributed by atoms with Crippen molar-refractivity contribution in [3.8, 4) is 0 Å². The lowest BCUT2D eigenvalue weighted by Crippen LogP contribution is -2.30. The molecule has 5 heteroatoms. The minimum atomic E-state index is -0.551. The smallest absolute Gasteiger partial charge is 0.327 e. The van der Waals surface area contributed by atoms with Crippen LogP contribution < -0.4 is 5.32 Å². The SMILES string of the molecule is CCNC(C(=O)OCC)c1ccc(Cl)cc1Cl. The van der Waals surface area contributed by atoms with E-state index in [-0.39, 0.29) is 5.97 Å². The number of likely N-dealkylation sites (N-methyl/N-ethyl adjacent to an activating group) is 1. The van der Waals surface area contributed by atoms with Gasteiger partial charge in [-0.1, -0.05) is 36.2 Å². The molecular formula is C12H15Cl2NO2. The minimum absolute atomic E-state index is 0.335. The van der Waals surface area contributed by atoms with Gasteiger partial charge in [-0.15, -0.1) is 0 Å². The molecule has 0 bridgehead atoms. The van der Waals surface area contributed by atoms with E-state index in [2.05, 4.69) is 5.32 Å². The van der Waals surface area contributed by atoms with Crippen molar-refractivity contribution in [3.05, 3.63) is 33.8 Å². The molecule has 0 aliphatic heterocycles. The van der Waals surface area contributed by atoms with Crippen molar-refractivity contribution in [1.29, 1.82) is 0 Å². The van der Waals surface area contributed by atoms with Gasteiger partial charge in [0.05, 0.1) is 6.61 Å². The first-order chi connectivity index (χ1) is 8.10. The molecule has 0 aliphatic rings. The van der Waals surface area contributed by atoms with Gasteiger partial charge in [0.1, 0.15) is 6.04 Å². The molecule has 1 atom stereocenters. The van der Waals surface area contributed by atoms with Crippen LogP contribution in [0.25, 0.3) is 0 Å². The molecule has 1 aromatic rings. The molecule has 0 aromatic heterocycles. The Morgan fingerprint density at radius 3 is 2.65 bits per heavy atom. The lowest BCUT2D eigenvalue weighted by atomic mass is 10.1. The second-order valence-electron chi connectivity index (χ2n) is 3.41. The molecule has 0 heterocycles.